The highest BCUT2D eigenvalue weighted by Gasteiger charge is 2.13. The van der Waals surface area contributed by atoms with Crippen LogP contribution in [0.3, 0.4) is 0 Å². The molecule has 0 radical (unpaired) electrons. The van der Waals surface area contributed by atoms with Gasteiger partial charge in [-0.05, 0) is 44.7 Å². The van der Waals surface area contributed by atoms with E-state index >= 15 is 0 Å². The van der Waals surface area contributed by atoms with E-state index in [1.54, 1.807) is 4.90 Å². The monoisotopic (exact) mass is 198 g/mol. The summed E-state index contributed by atoms with van der Waals surface area (Å²) in [6.45, 7) is 2.32. The molecule has 0 bridgehead atoms. The van der Waals surface area contributed by atoms with Gasteiger partial charge in [-0.3, -0.25) is 4.79 Å². The summed E-state index contributed by atoms with van der Waals surface area (Å²) in [6, 6.07) is 0. The normalized spacial score (nSPS) is 18.1. The fraction of sp³-hybridized carbons (Fsp3) is 0.909. The first kappa shape index (κ1) is 11.5. The van der Waals surface area contributed by atoms with Crippen LogP contribution in [0.15, 0.2) is 0 Å². The van der Waals surface area contributed by atoms with E-state index in [4.69, 9.17) is 0 Å². The van der Waals surface area contributed by atoms with Gasteiger partial charge in [0.25, 0.3) is 0 Å². The van der Waals surface area contributed by atoms with Crippen LogP contribution in [0.2, 0.25) is 0 Å². The Labute approximate surface area is 86.9 Å². The molecule has 3 heteroatoms. The van der Waals surface area contributed by atoms with Crippen molar-refractivity contribution in [3.8, 4) is 0 Å². The molecular formula is C11H22N2O. The smallest absolute Gasteiger partial charge is 0.222 e. The maximum atomic E-state index is 11.3. The maximum Gasteiger partial charge on any atom is 0.222 e. The SMILES string of the molecule is CN(C)C(=O)CCCC1CCNCC1. The molecule has 0 aromatic carbocycles. The molecule has 0 unspecified atom stereocenters. The predicted molar refractivity (Wildman–Crippen MR) is 58.1 cm³/mol. The molecule has 0 aliphatic carbocycles. The first-order valence-electron chi connectivity index (χ1n) is 5.61. The van der Waals surface area contributed by atoms with E-state index in [0.29, 0.717) is 0 Å². The fourth-order valence-corrected chi connectivity index (χ4v) is 1.94. The maximum absolute atomic E-state index is 11.3. The lowest BCUT2D eigenvalue weighted by Gasteiger charge is -2.22. The summed E-state index contributed by atoms with van der Waals surface area (Å²) < 4.78 is 0. The molecule has 1 rings (SSSR count). The average Bonchev–Trinajstić information content (AvgIpc) is 2.19. The third kappa shape index (κ3) is 4.09. The number of carbonyl (C=O) groups is 1. The van der Waals surface area contributed by atoms with Crippen LogP contribution < -0.4 is 5.32 Å². The third-order valence-corrected chi connectivity index (χ3v) is 2.96. The number of amides is 1. The second-order valence-corrected chi connectivity index (χ2v) is 4.37. The molecule has 0 atom stereocenters. The molecule has 0 aromatic rings. The summed E-state index contributed by atoms with van der Waals surface area (Å²) in [7, 11) is 3.65. The lowest BCUT2D eigenvalue weighted by molar-refractivity contribution is -0.128. The van der Waals surface area contributed by atoms with Crippen LogP contribution in [0.4, 0.5) is 0 Å². The van der Waals surface area contributed by atoms with E-state index in [1.165, 1.54) is 19.3 Å². The standard InChI is InChI=1S/C11H22N2O/c1-13(2)11(14)5-3-4-10-6-8-12-9-7-10/h10,12H,3-9H2,1-2H3. The lowest BCUT2D eigenvalue weighted by atomic mass is 9.92. The third-order valence-electron chi connectivity index (χ3n) is 2.96. The largest absolute Gasteiger partial charge is 0.349 e. The topological polar surface area (TPSA) is 32.3 Å². The average molecular weight is 198 g/mol. The molecule has 3 nitrogen and oxygen atoms in total. The zero-order chi connectivity index (χ0) is 10.4. The molecule has 0 spiro atoms. The van der Waals surface area contributed by atoms with Crippen molar-refractivity contribution in [2.24, 2.45) is 5.92 Å². The van der Waals surface area contributed by atoms with Crippen molar-refractivity contribution in [2.45, 2.75) is 32.1 Å². The molecule has 1 N–H and O–H groups in total. The molecule has 1 heterocycles. The van der Waals surface area contributed by atoms with Crippen molar-refractivity contribution in [1.82, 2.24) is 10.2 Å². The Morgan fingerprint density at radius 2 is 2.00 bits per heavy atom. The summed E-state index contributed by atoms with van der Waals surface area (Å²) >= 11 is 0. The van der Waals surface area contributed by atoms with Crippen LogP contribution in [0.1, 0.15) is 32.1 Å². The Morgan fingerprint density at radius 3 is 2.57 bits per heavy atom. The molecule has 1 fully saturated rings. The molecule has 1 aliphatic rings. The van der Waals surface area contributed by atoms with Gasteiger partial charge in [-0.1, -0.05) is 0 Å². The number of hydrogen-bond donors (Lipinski definition) is 1. The van der Waals surface area contributed by atoms with Crippen molar-refractivity contribution in [3.05, 3.63) is 0 Å². The second-order valence-electron chi connectivity index (χ2n) is 4.37. The predicted octanol–water partition coefficient (Wildman–Crippen LogP) is 1.24. The fourth-order valence-electron chi connectivity index (χ4n) is 1.94. The van der Waals surface area contributed by atoms with Gasteiger partial charge < -0.3 is 10.2 Å². The summed E-state index contributed by atoms with van der Waals surface area (Å²) in [6.07, 6.45) is 5.58. The van der Waals surface area contributed by atoms with E-state index in [9.17, 15) is 4.79 Å². The van der Waals surface area contributed by atoms with Gasteiger partial charge in [0.1, 0.15) is 0 Å². The number of carbonyl (C=O) groups excluding carboxylic acids is 1. The van der Waals surface area contributed by atoms with Crippen molar-refractivity contribution in [3.63, 3.8) is 0 Å². The van der Waals surface area contributed by atoms with E-state index < -0.39 is 0 Å². The number of hydrogen-bond acceptors (Lipinski definition) is 2. The molecule has 0 saturated carbocycles. The van der Waals surface area contributed by atoms with E-state index in [2.05, 4.69) is 5.32 Å². The Balaban J connectivity index is 2.05. The van der Waals surface area contributed by atoms with Crippen molar-refractivity contribution in [2.75, 3.05) is 27.2 Å². The number of nitrogens with one attached hydrogen (secondary N) is 1. The minimum atomic E-state index is 0.263. The van der Waals surface area contributed by atoms with Gasteiger partial charge >= 0.3 is 0 Å². The summed E-state index contributed by atoms with van der Waals surface area (Å²) in [5.41, 5.74) is 0. The van der Waals surface area contributed by atoms with Crippen molar-refractivity contribution in [1.29, 1.82) is 0 Å². The molecule has 14 heavy (non-hydrogen) atoms. The molecule has 1 aliphatic heterocycles. The van der Waals surface area contributed by atoms with Crippen LogP contribution in [0.25, 0.3) is 0 Å². The molecular weight excluding hydrogens is 176 g/mol. The van der Waals surface area contributed by atoms with Crippen molar-refractivity contribution < 1.29 is 4.79 Å². The Morgan fingerprint density at radius 1 is 1.36 bits per heavy atom. The molecule has 0 aromatic heterocycles. The number of rotatable bonds is 4. The van der Waals surface area contributed by atoms with Crippen LogP contribution in [0, 0.1) is 5.92 Å². The van der Waals surface area contributed by atoms with Gasteiger partial charge in [-0.2, -0.15) is 0 Å². The van der Waals surface area contributed by atoms with Gasteiger partial charge in [-0.25, -0.2) is 0 Å². The zero-order valence-electron chi connectivity index (χ0n) is 9.38. The van der Waals surface area contributed by atoms with Gasteiger partial charge in [-0.15, -0.1) is 0 Å². The van der Waals surface area contributed by atoms with Crippen LogP contribution in [0.5, 0.6) is 0 Å². The summed E-state index contributed by atoms with van der Waals surface area (Å²) in [5.74, 6) is 1.12. The number of piperidine rings is 1. The van der Waals surface area contributed by atoms with Crippen LogP contribution in [-0.2, 0) is 4.79 Å². The second kappa shape index (κ2) is 6.02. The molecule has 1 saturated heterocycles. The minimum Gasteiger partial charge on any atom is -0.349 e. The summed E-state index contributed by atoms with van der Waals surface area (Å²) in [5, 5.41) is 3.36. The van der Waals surface area contributed by atoms with Crippen LogP contribution >= 0.6 is 0 Å². The van der Waals surface area contributed by atoms with E-state index in [1.807, 2.05) is 14.1 Å². The van der Waals surface area contributed by atoms with E-state index in [-0.39, 0.29) is 5.91 Å². The minimum absolute atomic E-state index is 0.263. The number of nitrogens with zero attached hydrogens (tertiary/aromatic N) is 1. The highest BCUT2D eigenvalue weighted by molar-refractivity contribution is 5.75. The lowest BCUT2D eigenvalue weighted by Crippen LogP contribution is -2.28. The Hall–Kier alpha value is -0.570. The molecule has 1 amide bonds. The van der Waals surface area contributed by atoms with Gasteiger partial charge in [0.2, 0.25) is 5.91 Å². The zero-order valence-corrected chi connectivity index (χ0v) is 9.38. The molecule has 82 valence electrons. The quantitative estimate of drug-likeness (QED) is 0.737. The highest BCUT2D eigenvalue weighted by Crippen LogP contribution is 2.18. The Bertz CT molecular complexity index is 174. The van der Waals surface area contributed by atoms with Gasteiger partial charge in [0.15, 0.2) is 0 Å². The highest BCUT2D eigenvalue weighted by atomic mass is 16.2. The van der Waals surface area contributed by atoms with Crippen molar-refractivity contribution >= 4 is 5.91 Å². The van der Waals surface area contributed by atoms with E-state index in [0.717, 1.165) is 31.8 Å². The Kier molecular flexibility index (Phi) is 4.94. The van der Waals surface area contributed by atoms with Gasteiger partial charge in [0.05, 0.1) is 0 Å². The van der Waals surface area contributed by atoms with Crippen LogP contribution in [-0.4, -0.2) is 38.0 Å². The van der Waals surface area contributed by atoms with Gasteiger partial charge in [0, 0.05) is 20.5 Å². The summed E-state index contributed by atoms with van der Waals surface area (Å²) in [4.78, 5) is 13.0. The first-order valence-corrected chi connectivity index (χ1v) is 5.61. The first-order chi connectivity index (χ1) is 6.70.